The number of carbonyl (C=O) groups excluding carboxylic acids is 1. The number of benzene rings is 1. The number of carbonyl (C=O) groups is 1. The predicted molar refractivity (Wildman–Crippen MR) is 88.2 cm³/mol. The topological polar surface area (TPSA) is 58.4 Å². The summed E-state index contributed by atoms with van der Waals surface area (Å²) in [5.41, 5.74) is 8.32. The van der Waals surface area contributed by atoms with Gasteiger partial charge in [-0.2, -0.15) is 0 Å². The highest BCUT2D eigenvalue weighted by molar-refractivity contribution is 5.95. The third-order valence-electron chi connectivity index (χ3n) is 4.51. The molecule has 2 unspecified atom stereocenters. The second-order valence-corrected chi connectivity index (χ2v) is 6.43. The van der Waals surface area contributed by atoms with Crippen LogP contribution in [-0.2, 0) is 4.79 Å². The number of aryl methyl sites for hydroxylation is 1. The Morgan fingerprint density at radius 3 is 2.76 bits per heavy atom. The van der Waals surface area contributed by atoms with Gasteiger partial charge < -0.3 is 11.1 Å². The number of hydrogen-bond acceptors (Lipinski definition) is 3. The zero-order chi connectivity index (χ0) is 15.6. The molecule has 0 spiro atoms. The molecule has 1 aromatic rings. The zero-order valence-electron chi connectivity index (χ0n) is 13.5. The molecule has 0 aromatic heterocycles. The van der Waals surface area contributed by atoms with Gasteiger partial charge in [-0.05, 0) is 56.8 Å². The van der Waals surface area contributed by atoms with Crippen molar-refractivity contribution in [3.05, 3.63) is 23.8 Å². The van der Waals surface area contributed by atoms with Crippen LogP contribution in [0.25, 0.3) is 0 Å². The Morgan fingerprint density at radius 2 is 2.10 bits per heavy atom. The van der Waals surface area contributed by atoms with Crippen LogP contribution in [0.5, 0.6) is 0 Å². The number of nitrogen functional groups attached to an aromatic ring is 1. The molecule has 2 rings (SSSR count). The van der Waals surface area contributed by atoms with Crippen molar-refractivity contribution in [1.82, 2.24) is 4.90 Å². The highest BCUT2D eigenvalue weighted by Crippen LogP contribution is 2.26. The van der Waals surface area contributed by atoms with Crippen LogP contribution >= 0.6 is 0 Å². The molecule has 4 heteroatoms. The van der Waals surface area contributed by atoms with Gasteiger partial charge in [0.2, 0.25) is 5.91 Å². The van der Waals surface area contributed by atoms with Crippen molar-refractivity contribution in [2.24, 2.45) is 5.92 Å². The molecule has 1 aliphatic rings. The third-order valence-corrected chi connectivity index (χ3v) is 4.51. The van der Waals surface area contributed by atoms with Gasteiger partial charge in [-0.15, -0.1) is 0 Å². The standard InChI is InChI=1S/C17H27N3O/c1-11(2)16-6-5-9-20(16)13(4)17(21)19-15-10-14(18)8-7-12(15)3/h7-8,10-11,13,16H,5-6,9,18H2,1-4H3,(H,19,21). The van der Waals surface area contributed by atoms with E-state index in [9.17, 15) is 4.79 Å². The highest BCUT2D eigenvalue weighted by Gasteiger charge is 2.33. The quantitative estimate of drug-likeness (QED) is 0.838. The molecule has 2 atom stereocenters. The van der Waals surface area contributed by atoms with Gasteiger partial charge in [-0.25, -0.2) is 0 Å². The molecule has 21 heavy (non-hydrogen) atoms. The lowest BCUT2D eigenvalue weighted by molar-refractivity contribution is -0.121. The summed E-state index contributed by atoms with van der Waals surface area (Å²) in [5.74, 6) is 0.633. The Kier molecular flexibility index (Phi) is 4.88. The minimum Gasteiger partial charge on any atom is -0.399 e. The number of likely N-dealkylation sites (tertiary alicyclic amines) is 1. The van der Waals surface area contributed by atoms with E-state index in [0.717, 1.165) is 17.8 Å². The Morgan fingerprint density at radius 1 is 1.38 bits per heavy atom. The molecule has 0 bridgehead atoms. The zero-order valence-corrected chi connectivity index (χ0v) is 13.5. The Hall–Kier alpha value is -1.55. The number of hydrogen-bond donors (Lipinski definition) is 2. The molecule has 1 amide bonds. The minimum atomic E-state index is -0.110. The average Bonchev–Trinajstić information content (AvgIpc) is 2.91. The van der Waals surface area contributed by atoms with E-state index in [1.165, 1.54) is 12.8 Å². The molecule has 0 aliphatic carbocycles. The normalized spacial score (nSPS) is 20.7. The number of nitrogens with one attached hydrogen (secondary N) is 1. The van der Waals surface area contributed by atoms with Crippen LogP contribution in [0.1, 0.15) is 39.2 Å². The van der Waals surface area contributed by atoms with Gasteiger partial charge in [0.05, 0.1) is 6.04 Å². The fraction of sp³-hybridized carbons (Fsp3) is 0.588. The molecule has 1 heterocycles. The third kappa shape index (κ3) is 3.56. The van der Waals surface area contributed by atoms with E-state index in [4.69, 9.17) is 5.73 Å². The molecule has 1 aliphatic heterocycles. The largest absolute Gasteiger partial charge is 0.399 e. The Bertz CT molecular complexity index is 513. The summed E-state index contributed by atoms with van der Waals surface area (Å²) in [4.78, 5) is 14.9. The van der Waals surface area contributed by atoms with Crippen LogP contribution < -0.4 is 11.1 Å². The van der Waals surface area contributed by atoms with E-state index in [-0.39, 0.29) is 11.9 Å². The van der Waals surface area contributed by atoms with Crippen LogP contribution in [-0.4, -0.2) is 29.4 Å². The first-order valence-corrected chi connectivity index (χ1v) is 7.83. The summed E-state index contributed by atoms with van der Waals surface area (Å²) in [6, 6.07) is 6.00. The average molecular weight is 289 g/mol. The molecular weight excluding hydrogens is 262 g/mol. The smallest absolute Gasteiger partial charge is 0.241 e. The van der Waals surface area contributed by atoms with Crippen LogP contribution in [0.4, 0.5) is 11.4 Å². The molecule has 0 saturated carbocycles. The van der Waals surface area contributed by atoms with Crippen LogP contribution in [0, 0.1) is 12.8 Å². The van der Waals surface area contributed by atoms with Crippen LogP contribution in [0.2, 0.25) is 0 Å². The van der Waals surface area contributed by atoms with Gasteiger partial charge in [-0.3, -0.25) is 9.69 Å². The lowest BCUT2D eigenvalue weighted by Crippen LogP contribution is -2.46. The molecule has 116 valence electrons. The van der Waals surface area contributed by atoms with Crippen molar-refractivity contribution in [2.45, 2.75) is 52.6 Å². The van der Waals surface area contributed by atoms with Crippen molar-refractivity contribution in [2.75, 3.05) is 17.6 Å². The summed E-state index contributed by atoms with van der Waals surface area (Å²) in [6.07, 6.45) is 2.37. The fourth-order valence-electron chi connectivity index (χ4n) is 3.17. The first-order valence-electron chi connectivity index (χ1n) is 7.83. The summed E-state index contributed by atoms with van der Waals surface area (Å²) in [6.45, 7) is 9.45. The summed E-state index contributed by atoms with van der Waals surface area (Å²) in [7, 11) is 0. The minimum absolute atomic E-state index is 0.0521. The lowest BCUT2D eigenvalue weighted by Gasteiger charge is -2.32. The molecule has 1 fully saturated rings. The van der Waals surface area contributed by atoms with Gasteiger partial charge >= 0.3 is 0 Å². The molecule has 1 saturated heterocycles. The Labute approximate surface area is 127 Å². The van der Waals surface area contributed by atoms with Gasteiger partial charge in [0.25, 0.3) is 0 Å². The number of rotatable bonds is 4. The molecule has 4 nitrogen and oxygen atoms in total. The summed E-state index contributed by atoms with van der Waals surface area (Å²) < 4.78 is 0. The van der Waals surface area contributed by atoms with Crippen LogP contribution in [0.3, 0.4) is 0 Å². The highest BCUT2D eigenvalue weighted by atomic mass is 16.2. The van der Waals surface area contributed by atoms with Crippen LogP contribution in [0.15, 0.2) is 18.2 Å². The maximum absolute atomic E-state index is 12.5. The summed E-state index contributed by atoms with van der Waals surface area (Å²) in [5, 5.41) is 3.03. The number of nitrogens with two attached hydrogens (primary N) is 1. The number of nitrogens with zero attached hydrogens (tertiary/aromatic N) is 1. The van der Waals surface area contributed by atoms with E-state index in [0.29, 0.717) is 17.6 Å². The van der Waals surface area contributed by atoms with Crippen molar-refractivity contribution in [1.29, 1.82) is 0 Å². The number of amides is 1. The maximum Gasteiger partial charge on any atom is 0.241 e. The molecule has 0 radical (unpaired) electrons. The van der Waals surface area contributed by atoms with Gasteiger partial charge in [0.15, 0.2) is 0 Å². The van der Waals surface area contributed by atoms with E-state index in [1.807, 2.05) is 32.0 Å². The molecule has 3 N–H and O–H groups in total. The second-order valence-electron chi connectivity index (χ2n) is 6.43. The van der Waals surface area contributed by atoms with Gasteiger partial charge in [0.1, 0.15) is 0 Å². The Balaban J connectivity index is 2.07. The van der Waals surface area contributed by atoms with Gasteiger partial charge in [0, 0.05) is 17.4 Å². The van der Waals surface area contributed by atoms with E-state index in [2.05, 4.69) is 24.1 Å². The predicted octanol–water partition coefficient (Wildman–Crippen LogP) is 3.02. The first-order chi connectivity index (χ1) is 9.90. The number of anilines is 2. The van der Waals surface area contributed by atoms with Crippen molar-refractivity contribution in [3.8, 4) is 0 Å². The van der Waals surface area contributed by atoms with E-state index >= 15 is 0 Å². The van der Waals surface area contributed by atoms with Gasteiger partial charge in [-0.1, -0.05) is 19.9 Å². The molecular formula is C17H27N3O. The lowest BCUT2D eigenvalue weighted by atomic mass is 10.0. The summed E-state index contributed by atoms with van der Waals surface area (Å²) >= 11 is 0. The molecule has 1 aromatic carbocycles. The van der Waals surface area contributed by atoms with E-state index in [1.54, 1.807) is 0 Å². The fourth-order valence-corrected chi connectivity index (χ4v) is 3.17. The maximum atomic E-state index is 12.5. The SMILES string of the molecule is Cc1ccc(N)cc1NC(=O)C(C)N1CCCC1C(C)C. The second kappa shape index (κ2) is 6.48. The first kappa shape index (κ1) is 15.8. The van der Waals surface area contributed by atoms with E-state index < -0.39 is 0 Å². The van der Waals surface area contributed by atoms with Crippen molar-refractivity contribution < 1.29 is 4.79 Å². The van der Waals surface area contributed by atoms with Crippen molar-refractivity contribution >= 4 is 17.3 Å². The van der Waals surface area contributed by atoms with Crippen molar-refractivity contribution in [3.63, 3.8) is 0 Å². The monoisotopic (exact) mass is 289 g/mol.